The van der Waals surface area contributed by atoms with Crippen LogP contribution in [-0.4, -0.2) is 33.7 Å². The van der Waals surface area contributed by atoms with Crippen LogP contribution in [0.2, 0.25) is 0 Å². The van der Waals surface area contributed by atoms with Crippen molar-refractivity contribution in [3.63, 3.8) is 0 Å². The topological polar surface area (TPSA) is 86.6 Å². The molecule has 0 radical (unpaired) electrons. The molecule has 1 aliphatic heterocycles. The van der Waals surface area contributed by atoms with E-state index in [1.165, 1.54) is 0 Å². The van der Waals surface area contributed by atoms with Gasteiger partial charge in [0.2, 0.25) is 10.0 Å². The van der Waals surface area contributed by atoms with Gasteiger partial charge in [-0.25, -0.2) is 13.1 Å². The first kappa shape index (κ1) is 21.4. The second-order valence-corrected chi connectivity index (χ2v) is 9.50. The maximum absolute atomic E-state index is 13.0. The second kappa shape index (κ2) is 8.36. The van der Waals surface area contributed by atoms with Gasteiger partial charge in [0.25, 0.3) is 5.56 Å². The van der Waals surface area contributed by atoms with Gasteiger partial charge in [-0.3, -0.25) is 4.79 Å². The number of benzene rings is 2. The first-order valence-corrected chi connectivity index (χ1v) is 11.7. The zero-order valence-corrected chi connectivity index (χ0v) is 18.7. The summed E-state index contributed by atoms with van der Waals surface area (Å²) in [5, 5.41) is 0.817. The maximum atomic E-state index is 13.0. The minimum Gasteiger partial charge on any atom is -0.493 e. The maximum Gasteiger partial charge on any atom is 0.251 e. The lowest BCUT2D eigenvalue weighted by molar-refractivity contribution is 0.354. The highest BCUT2D eigenvalue weighted by atomic mass is 32.2. The van der Waals surface area contributed by atoms with E-state index < -0.39 is 10.0 Å². The highest BCUT2D eigenvalue weighted by Crippen LogP contribution is 2.30. The fourth-order valence-corrected chi connectivity index (χ4v) is 5.29. The van der Waals surface area contributed by atoms with E-state index in [-0.39, 0.29) is 17.0 Å². The van der Waals surface area contributed by atoms with Crippen molar-refractivity contribution in [1.82, 2.24) is 9.29 Å². The molecule has 1 N–H and O–H groups in total. The average Bonchev–Trinajstić information content (AvgIpc) is 2.76. The number of hydrogen-bond acceptors (Lipinski definition) is 5. The molecule has 7 nitrogen and oxygen atoms in total. The van der Waals surface area contributed by atoms with Crippen LogP contribution in [0.5, 0.6) is 11.5 Å². The molecule has 0 saturated heterocycles. The summed E-state index contributed by atoms with van der Waals surface area (Å²) in [6.07, 6.45) is 2.09. The smallest absolute Gasteiger partial charge is 0.251 e. The molecule has 1 aromatic heterocycles. The van der Waals surface area contributed by atoms with Gasteiger partial charge in [0, 0.05) is 24.5 Å². The number of methoxy groups -OCH3 is 2. The highest BCUT2D eigenvalue weighted by molar-refractivity contribution is 7.89. The second-order valence-electron chi connectivity index (χ2n) is 7.74. The number of pyridine rings is 1. The van der Waals surface area contributed by atoms with Crippen LogP contribution in [0.25, 0.3) is 10.9 Å². The van der Waals surface area contributed by atoms with Gasteiger partial charge in [-0.1, -0.05) is 6.07 Å². The summed E-state index contributed by atoms with van der Waals surface area (Å²) < 4.78 is 41.0. The third kappa shape index (κ3) is 4.05. The van der Waals surface area contributed by atoms with Crippen LogP contribution in [0.15, 0.2) is 46.1 Å². The van der Waals surface area contributed by atoms with Gasteiger partial charge in [0.15, 0.2) is 11.5 Å². The van der Waals surface area contributed by atoms with Crippen molar-refractivity contribution in [1.29, 1.82) is 0 Å². The number of nitrogens with zero attached hydrogens (tertiary/aromatic N) is 1. The van der Waals surface area contributed by atoms with Gasteiger partial charge in [-0.15, -0.1) is 0 Å². The van der Waals surface area contributed by atoms with Gasteiger partial charge in [0.1, 0.15) is 0 Å². The standard InChI is InChI=1S/C23H26N2O5S/c1-15-11-22(26)25-10-4-5-17-13-18(14-19(15)23(17)25)31(27,28)24-9-8-16-6-7-20(29-2)21(12-16)30-3/h6-7,11-14,24H,4-5,8-10H2,1-3H3. The fraction of sp³-hybridized carbons (Fsp3) is 0.348. The Hall–Kier alpha value is -2.84. The molecule has 0 saturated carbocycles. The summed E-state index contributed by atoms with van der Waals surface area (Å²) in [7, 11) is -0.552. The normalized spacial score (nSPS) is 13.4. The summed E-state index contributed by atoms with van der Waals surface area (Å²) in [5.74, 6) is 1.24. The lowest BCUT2D eigenvalue weighted by Gasteiger charge is -2.21. The molecule has 1 aliphatic rings. The monoisotopic (exact) mass is 442 g/mol. The zero-order chi connectivity index (χ0) is 22.2. The van der Waals surface area contributed by atoms with Crippen LogP contribution in [0, 0.1) is 6.92 Å². The number of aromatic nitrogens is 1. The molecule has 0 spiro atoms. The molecule has 4 rings (SSSR count). The first-order chi connectivity index (χ1) is 14.8. The summed E-state index contributed by atoms with van der Waals surface area (Å²) in [6, 6.07) is 10.5. The van der Waals surface area contributed by atoms with E-state index in [1.807, 2.05) is 19.1 Å². The largest absolute Gasteiger partial charge is 0.493 e. The van der Waals surface area contributed by atoms with Crippen molar-refractivity contribution in [2.45, 2.75) is 37.6 Å². The van der Waals surface area contributed by atoms with E-state index in [0.29, 0.717) is 24.5 Å². The lowest BCUT2D eigenvalue weighted by atomic mass is 9.99. The molecule has 164 valence electrons. The molecular weight excluding hydrogens is 416 g/mol. The van der Waals surface area contributed by atoms with Crippen molar-refractivity contribution in [2.24, 2.45) is 0 Å². The third-order valence-corrected chi connectivity index (χ3v) is 7.20. The number of hydrogen-bond donors (Lipinski definition) is 1. The van der Waals surface area contributed by atoms with Crippen molar-refractivity contribution in [3.8, 4) is 11.5 Å². The summed E-state index contributed by atoms with van der Waals surface area (Å²) in [6.45, 7) is 2.77. The fourth-order valence-electron chi connectivity index (χ4n) is 4.18. The number of aryl methyl sites for hydroxylation is 3. The third-order valence-electron chi connectivity index (χ3n) is 5.75. The van der Waals surface area contributed by atoms with Crippen molar-refractivity contribution < 1.29 is 17.9 Å². The number of ether oxygens (including phenoxy) is 2. The van der Waals surface area contributed by atoms with E-state index in [1.54, 1.807) is 43.1 Å². The van der Waals surface area contributed by atoms with Gasteiger partial charge in [-0.2, -0.15) is 0 Å². The van der Waals surface area contributed by atoms with E-state index in [4.69, 9.17) is 9.47 Å². The molecule has 8 heteroatoms. The Morgan fingerprint density at radius 1 is 1.06 bits per heavy atom. The van der Waals surface area contributed by atoms with Gasteiger partial charge in [-0.05, 0) is 67.1 Å². The molecule has 0 atom stereocenters. The Balaban J connectivity index is 1.59. The van der Waals surface area contributed by atoms with Crippen LogP contribution in [-0.2, 0) is 29.4 Å². The van der Waals surface area contributed by atoms with Crippen molar-refractivity contribution in [3.05, 3.63) is 63.4 Å². The molecule has 0 unspecified atom stereocenters. The predicted molar refractivity (Wildman–Crippen MR) is 120 cm³/mol. The minimum atomic E-state index is -3.69. The lowest BCUT2D eigenvalue weighted by Crippen LogP contribution is -2.28. The zero-order valence-electron chi connectivity index (χ0n) is 17.9. The van der Waals surface area contributed by atoms with Crippen LogP contribution >= 0.6 is 0 Å². The summed E-state index contributed by atoms with van der Waals surface area (Å²) in [5.41, 5.74) is 3.47. The Bertz CT molecular complexity index is 1310. The quantitative estimate of drug-likeness (QED) is 0.608. The van der Waals surface area contributed by atoms with E-state index in [9.17, 15) is 13.2 Å². The average molecular weight is 443 g/mol. The Morgan fingerprint density at radius 3 is 2.58 bits per heavy atom. The Labute approximate surface area is 181 Å². The molecule has 2 heterocycles. The van der Waals surface area contributed by atoms with Crippen molar-refractivity contribution >= 4 is 20.9 Å². The predicted octanol–water partition coefficient (Wildman–Crippen LogP) is 2.79. The molecule has 0 amide bonds. The van der Waals surface area contributed by atoms with Gasteiger partial charge in [0.05, 0.1) is 24.6 Å². The molecule has 2 aromatic carbocycles. The van der Waals surface area contributed by atoms with Crippen LogP contribution in [0.1, 0.15) is 23.1 Å². The minimum absolute atomic E-state index is 0.0328. The SMILES string of the molecule is COc1ccc(CCNS(=O)(=O)c2cc3c4c(c2)c(C)cc(=O)n4CCC3)cc1OC. The molecular formula is C23H26N2O5S. The van der Waals surface area contributed by atoms with E-state index in [2.05, 4.69) is 4.72 Å². The molecule has 0 fully saturated rings. The summed E-state index contributed by atoms with van der Waals surface area (Å²) in [4.78, 5) is 12.6. The number of rotatable bonds is 7. The molecule has 31 heavy (non-hydrogen) atoms. The number of nitrogens with one attached hydrogen (secondary N) is 1. The first-order valence-electron chi connectivity index (χ1n) is 10.2. The molecule has 0 bridgehead atoms. The van der Waals surface area contributed by atoms with E-state index >= 15 is 0 Å². The summed E-state index contributed by atoms with van der Waals surface area (Å²) >= 11 is 0. The number of sulfonamides is 1. The van der Waals surface area contributed by atoms with Gasteiger partial charge >= 0.3 is 0 Å². The molecule has 3 aromatic rings. The molecule has 0 aliphatic carbocycles. The van der Waals surface area contributed by atoms with Crippen LogP contribution in [0.4, 0.5) is 0 Å². The van der Waals surface area contributed by atoms with Crippen LogP contribution < -0.4 is 19.8 Å². The van der Waals surface area contributed by atoms with Crippen molar-refractivity contribution in [2.75, 3.05) is 20.8 Å². The Kier molecular flexibility index (Phi) is 5.77. The Morgan fingerprint density at radius 2 is 1.84 bits per heavy atom. The van der Waals surface area contributed by atoms with Gasteiger partial charge < -0.3 is 14.0 Å². The van der Waals surface area contributed by atoms with Crippen LogP contribution in [0.3, 0.4) is 0 Å². The van der Waals surface area contributed by atoms with E-state index in [0.717, 1.165) is 40.4 Å². The highest BCUT2D eigenvalue weighted by Gasteiger charge is 2.21.